The Morgan fingerprint density at radius 1 is 1.37 bits per heavy atom. The molecule has 1 aromatic heterocycles. The summed E-state index contributed by atoms with van der Waals surface area (Å²) in [5.41, 5.74) is 6.18. The molecule has 0 spiro atoms. The second-order valence-electron chi connectivity index (χ2n) is 4.83. The van der Waals surface area contributed by atoms with Gasteiger partial charge in [0.2, 0.25) is 10.0 Å². The minimum Gasteiger partial charge on any atom is -0.381 e. The molecule has 0 radical (unpaired) electrons. The molecule has 0 aliphatic heterocycles. The molecule has 0 aliphatic rings. The molecule has 0 bridgehead atoms. The van der Waals surface area contributed by atoms with Crippen molar-refractivity contribution in [2.45, 2.75) is 24.7 Å². The summed E-state index contributed by atoms with van der Waals surface area (Å²) < 4.78 is 28.3. The van der Waals surface area contributed by atoms with Crippen molar-refractivity contribution in [3.05, 3.63) is 5.69 Å². The van der Waals surface area contributed by atoms with Gasteiger partial charge in [-0.25, -0.2) is 13.1 Å². The normalized spacial score (nSPS) is 12.3. The lowest BCUT2D eigenvalue weighted by atomic mass is 10.3. The highest BCUT2D eigenvalue weighted by atomic mass is 32.2. The molecule has 0 aromatic carbocycles. The van der Waals surface area contributed by atoms with E-state index in [1.165, 1.54) is 4.68 Å². The van der Waals surface area contributed by atoms with Crippen LogP contribution in [-0.4, -0.2) is 50.3 Å². The van der Waals surface area contributed by atoms with Gasteiger partial charge in [-0.15, -0.1) is 0 Å². The second kappa shape index (κ2) is 6.36. The Labute approximate surface area is 114 Å². The van der Waals surface area contributed by atoms with Gasteiger partial charge in [-0.05, 0) is 40.4 Å². The summed E-state index contributed by atoms with van der Waals surface area (Å²) in [6.45, 7) is 3.03. The van der Waals surface area contributed by atoms with Crippen LogP contribution >= 0.6 is 0 Å². The summed E-state index contributed by atoms with van der Waals surface area (Å²) in [7, 11) is 2.07. The molecule has 8 heteroatoms. The van der Waals surface area contributed by atoms with Crippen LogP contribution < -0.4 is 10.5 Å². The third-order valence-corrected chi connectivity index (χ3v) is 4.52. The fraction of sp³-hybridized carbons (Fsp3) is 0.727. The van der Waals surface area contributed by atoms with Crippen molar-refractivity contribution in [2.24, 2.45) is 7.05 Å². The Hall–Kier alpha value is -1.12. The molecule has 0 saturated heterocycles. The van der Waals surface area contributed by atoms with Gasteiger partial charge in [-0.2, -0.15) is 5.10 Å². The van der Waals surface area contributed by atoms with Crippen LogP contribution in [0.4, 0.5) is 5.82 Å². The van der Waals surface area contributed by atoms with E-state index in [9.17, 15) is 8.42 Å². The lowest BCUT2D eigenvalue weighted by Gasteiger charge is -2.10. The van der Waals surface area contributed by atoms with E-state index in [0.717, 1.165) is 19.4 Å². The molecule has 1 aromatic rings. The molecule has 110 valence electrons. The molecule has 0 amide bonds. The molecule has 19 heavy (non-hydrogen) atoms. The molecule has 0 saturated carbocycles. The van der Waals surface area contributed by atoms with Gasteiger partial charge in [0, 0.05) is 13.6 Å². The summed E-state index contributed by atoms with van der Waals surface area (Å²) in [6.07, 6.45) is 1.73. The van der Waals surface area contributed by atoms with E-state index in [1.54, 1.807) is 14.0 Å². The first kappa shape index (κ1) is 15.9. The zero-order valence-corrected chi connectivity index (χ0v) is 12.8. The Balaban J connectivity index is 2.62. The Kier molecular flexibility index (Phi) is 5.33. The third kappa shape index (κ3) is 4.19. The largest absolute Gasteiger partial charge is 0.381 e. The van der Waals surface area contributed by atoms with E-state index in [2.05, 4.69) is 14.7 Å². The van der Waals surface area contributed by atoms with Crippen molar-refractivity contribution in [1.29, 1.82) is 0 Å². The van der Waals surface area contributed by atoms with Crippen molar-refractivity contribution in [1.82, 2.24) is 19.4 Å². The van der Waals surface area contributed by atoms with Crippen LogP contribution in [0.2, 0.25) is 0 Å². The molecular formula is C11H23N5O2S. The molecule has 0 unspecified atom stereocenters. The Morgan fingerprint density at radius 3 is 2.47 bits per heavy atom. The smallest absolute Gasteiger partial charge is 0.246 e. The van der Waals surface area contributed by atoms with Crippen LogP contribution in [0.1, 0.15) is 18.5 Å². The van der Waals surface area contributed by atoms with Gasteiger partial charge in [0.05, 0.1) is 5.69 Å². The molecule has 0 aliphatic carbocycles. The summed E-state index contributed by atoms with van der Waals surface area (Å²) in [6, 6.07) is 0. The Morgan fingerprint density at radius 2 is 2.00 bits per heavy atom. The van der Waals surface area contributed by atoms with E-state index >= 15 is 0 Å². The van der Waals surface area contributed by atoms with Crippen molar-refractivity contribution in [2.75, 3.05) is 32.9 Å². The van der Waals surface area contributed by atoms with Gasteiger partial charge in [-0.1, -0.05) is 0 Å². The highest BCUT2D eigenvalue weighted by molar-refractivity contribution is 7.89. The predicted molar refractivity (Wildman–Crippen MR) is 75.3 cm³/mol. The van der Waals surface area contributed by atoms with Gasteiger partial charge in [-0.3, -0.25) is 4.68 Å². The van der Waals surface area contributed by atoms with Crippen LogP contribution in [0.15, 0.2) is 4.90 Å². The third-order valence-electron chi connectivity index (χ3n) is 2.90. The number of nitrogens with two attached hydrogens (primary N) is 1. The van der Waals surface area contributed by atoms with Crippen LogP contribution in [0, 0.1) is 6.92 Å². The van der Waals surface area contributed by atoms with E-state index in [0.29, 0.717) is 12.2 Å². The lowest BCUT2D eigenvalue weighted by Crippen LogP contribution is -2.26. The zero-order chi connectivity index (χ0) is 14.6. The fourth-order valence-corrected chi connectivity index (χ4v) is 3.17. The number of anilines is 1. The van der Waals surface area contributed by atoms with E-state index in [1.807, 2.05) is 14.1 Å². The van der Waals surface area contributed by atoms with Crippen LogP contribution in [0.5, 0.6) is 0 Å². The maximum absolute atomic E-state index is 12.1. The SMILES string of the molecule is Cc1c(S(=O)(=O)NCCCCN(C)C)c(N)nn1C. The van der Waals surface area contributed by atoms with Crippen molar-refractivity contribution in [3.8, 4) is 0 Å². The molecule has 7 nitrogen and oxygen atoms in total. The number of rotatable bonds is 7. The number of sulfonamides is 1. The fourth-order valence-electron chi connectivity index (χ4n) is 1.78. The molecule has 1 rings (SSSR count). The first-order valence-electron chi connectivity index (χ1n) is 6.19. The first-order valence-corrected chi connectivity index (χ1v) is 7.67. The predicted octanol–water partition coefficient (Wildman–Crippen LogP) is -0.0692. The van der Waals surface area contributed by atoms with Crippen LogP contribution in [-0.2, 0) is 17.1 Å². The number of nitrogens with one attached hydrogen (secondary N) is 1. The molecule has 0 fully saturated rings. The maximum atomic E-state index is 12.1. The maximum Gasteiger partial charge on any atom is 0.246 e. The van der Waals surface area contributed by atoms with E-state index in [4.69, 9.17) is 5.73 Å². The molecular weight excluding hydrogens is 266 g/mol. The number of aryl methyl sites for hydroxylation is 1. The average molecular weight is 289 g/mol. The van der Waals surface area contributed by atoms with Crippen molar-refractivity contribution < 1.29 is 8.42 Å². The first-order chi connectivity index (χ1) is 8.75. The van der Waals surface area contributed by atoms with Gasteiger partial charge in [0.1, 0.15) is 4.90 Å². The standard InChI is InChI=1S/C11H23N5O2S/c1-9-10(11(12)14-16(9)4)19(17,18)13-7-5-6-8-15(2)3/h13H,5-8H2,1-4H3,(H2,12,14). The zero-order valence-electron chi connectivity index (χ0n) is 12.0. The van der Waals surface area contributed by atoms with Crippen LogP contribution in [0.3, 0.4) is 0 Å². The number of hydrogen-bond donors (Lipinski definition) is 2. The summed E-state index contributed by atoms with van der Waals surface area (Å²) >= 11 is 0. The average Bonchev–Trinajstić information content (AvgIpc) is 2.52. The van der Waals surface area contributed by atoms with Crippen molar-refractivity contribution in [3.63, 3.8) is 0 Å². The van der Waals surface area contributed by atoms with E-state index < -0.39 is 10.0 Å². The highest BCUT2D eigenvalue weighted by Gasteiger charge is 2.23. The van der Waals surface area contributed by atoms with Crippen LogP contribution in [0.25, 0.3) is 0 Å². The number of nitrogens with zero attached hydrogens (tertiary/aromatic N) is 3. The molecule has 1 heterocycles. The monoisotopic (exact) mass is 289 g/mol. The number of hydrogen-bond acceptors (Lipinski definition) is 5. The lowest BCUT2D eigenvalue weighted by molar-refractivity contribution is 0.394. The summed E-state index contributed by atoms with van der Waals surface area (Å²) in [5.74, 6) is 0.0424. The van der Waals surface area contributed by atoms with Gasteiger partial charge in [0.25, 0.3) is 0 Å². The minimum atomic E-state index is -3.57. The quantitative estimate of drug-likeness (QED) is 0.685. The topological polar surface area (TPSA) is 93.2 Å². The number of unbranched alkanes of at least 4 members (excludes halogenated alkanes) is 1. The van der Waals surface area contributed by atoms with Gasteiger partial charge >= 0.3 is 0 Å². The van der Waals surface area contributed by atoms with Gasteiger partial charge < -0.3 is 10.6 Å². The summed E-state index contributed by atoms with van der Waals surface area (Å²) in [5, 5.41) is 3.91. The van der Waals surface area contributed by atoms with Crippen molar-refractivity contribution >= 4 is 15.8 Å². The molecule has 3 N–H and O–H groups in total. The Bertz CT molecular complexity index is 521. The number of nitrogen functional groups attached to an aromatic ring is 1. The molecule has 0 atom stereocenters. The summed E-state index contributed by atoms with van der Waals surface area (Å²) in [4.78, 5) is 2.15. The van der Waals surface area contributed by atoms with Gasteiger partial charge in [0.15, 0.2) is 5.82 Å². The highest BCUT2D eigenvalue weighted by Crippen LogP contribution is 2.20. The minimum absolute atomic E-state index is 0.0424. The van der Waals surface area contributed by atoms with E-state index in [-0.39, 0.29) is 10.7 Å². The second-order valence-corrected chi connectivity index (χ2v) is 6.54. The number of aromatic nitrogens is 2.